The summed E-state index contributed by atoms with van der Waals surface area (Å²) in [5.41, 5.74) is 1.54. The highest BCUT2D eigenvalue weighted by Gasteiger charge is 2.36. The zero-order valence-corrected chi connectivity index (χ0v) is 18.9. The normalized spacial score (nSPS) is 14.5. The lowest BCUT2D eigenvalue weighted by atomic mass is 9.82. The van der Waals surface area contributed by atoms with Crippen LogP contribution in [-0.2, 0) is 10.3 Å². The van der Waals surface area contributed by atoms with Crippen LogP contribution in [0.5, 0.6) is 0 Å². The van der Waals surface area contributed by atoms with Crippen LogP contribution in [0.1, 0.15) is 34.3 Å². The summed E-state index contributed by atoms with van der Waals surface area (Å²) >= 11 is 5.83. The average Bonchev–Trinajstić information content (AvgIpc) is 2.86. The molecule has 0 radical (unpaired) electrons. The van der Waals surface area contributed by atoms with Gasteiger partial charge in [0.25, 0.3) is 5.91 Å². The van der Waals surface area contributed by atoms with E-state index < -0.39 is 11.6 Å². The lowest BCUT2D eigenvalue weighted by molar-refractivity contribution is 0.0418. The van der Waals surface area contributed by atoms with Crippen LogP contribution >= 0.6 is 11.6 Å². The Hall–Kier alpha value is -3.93. The lowest BCUT2D eigenvalue weighted by Crippen LogP contribution is -2.51. The summed E-state index contributed by atoms with van der Waals surface area (Å²) in [6.45, 7) is 0.983. The third-order valence-electron chi connectivity index (χ3n) is 5.60. The molecule has 0 saturated carbocycles. The number of nitriles is 1. The number of hydrogen-bond donors (Lipinski definition) is 3. The van der Waals surface area contributed by atoms with Gasteiger partial charge in [0.2, 0.25) is 0 Å². The number of ether oxygens (including phenoxy) is 1. The molecule has 0 spiro atoms. The molecule has 172 valence electrons. The molecule has 34 heavy (non-hydrogen) atoms. The molecule has 2 aromatic carbocycles. The molecule has 0 aliphatic carbocycles. The van der Waals surface area contributed by atoms with Gasteiger partial charge in [-0.05, 0) is 60.9 Å². The zero-order chi connectivity index (χ0) is 24.0. The number of rotatable bonds is 5. The van der Waals surface area contributed by atoms with E-state index in [1.54, 1.807) is 48.5 Å². The van der Waals surface area contributed by atoms with Gasteiger partial charge in [0.15, 0.2) is 0 Å². The number of carbonyl (C=O) groups excluding carboxylic acids is 2. The molecule has 0 unspecified atom stereocenters. The molecule has 1 aromatic heterocycles. The molecule has 1 saturated heterocycles. The molecule has 0 bridgehead atoms. The molecule has 3 N–H and O–H groups in total. The molecule has 2 heterocycles. The van der Waals surface area contributed by atoms with Crippen LogP contribution < -0.4 is 16.0 Å². The van der Waals surface area contributed by atoms with E-state index in [2.05, 4.69) is 27.0 Å². The van der Waals surface area contributed by atoms with Gasteiger partial charge in [-0.15, -0.1) is 0 Å². The highest BCUT2D eigenvalue weighted by molar-refractivity contribution is 6.30. The summed E-state index contributed by atoms with van der Waals surface area (Å²) in [7, 11) is 0. The van der Waals surface area contributed by atoms with Crippen molar-refractivity contribution in [3.05, 3.63) is 88.6 Å². The average molecular weight is 476 g/mol. The minimum absolute atomic E-state index is 0.358. The third kappa shape index (κ3) is 5.52. The molecular formula is C25H22ClN5O3. The third-order valence-corrected chi connectivity index (χ3v) is 5.82. The van der Waals surface area contributed by atoms with E-state index >= 15 is 0 Å². The fraction of sp³-hybridized carbons (Fsp3) is 0.200. The van der Waals surface area contributed by atoms with Crippen molar-refractivity contribution in [2.45, 2.75) is 18.4 Å². The van der Waals surface area contributed by atoms with Crippen LogP contribution in [0, 0.1) is 11.3 Å². The highest BCUT2D eigenvalue weighted by Crippen LogP contribution is 2.33. The number of urea groups is 1. The fourth-order valence-electron chi connectivity index (χ4n) is 3.85. The molecule has 1 fully saturated rings. The van der Waals surface area contributed by atoms with Crippen LogP contribution in [0.3, 0.4) is 0 Å². The number of nitrogens with one attached hydrogen (secondary N) is 3. The van der Waals surface area contributed by atoms with Gasteiger partial charge in [-0.2, -0.15) is 5.26 Å². The molecular weight excluding hydrogens is 454 g/mol. The minimum atomic E-state index is -0.662. The monoisotopic (exact) mass is 475 g/mol. The lowest BCUT2D eigenvalue weighted by Gasteiger charge is -2.38. The Labute approximate surface area is 201 Å². The quantitative estimate of drug-likeness (QED) is 0.495. The van der Waals surface area contributed by atoms with Crippen LogP contribution in [-0.4, -0.2) is 30.1 Å². The van der Waals surface area contributed by atoms with Crippen LogP contribution in [0.25, 0.3) is 0 Å². The van der Waals surface area contributed by atoms with Gasteiger partial charge in [0.1, 0.15) is 5.82 Å². The molecule has 0 atom stereocenters. The van der Waals surface area contributed by atoms with Gasteiger partial charge in [-0.25, -0.2) is 9.78 Å². The van der Waals surface area contributed by atoms with Gasteiger partial charge >= 0.3 is 6.03 Å². The minimum Gasteiger partial charge on any atom is -0.381 e. The Balaban J connectivity index is 1.47. The van der Waals surface area contributed by atoms with Crippen molar-refractivity contribution in [2.24, 2.45) is 0 Å². The van der Waals surface area contributed by atoms with Crippen molar-refractivity contribution in [2.75, 3.05) is 23.8 Å². The zero-order valence-electron chi connectivity index (χ0n) is 18.2. The summed E-state index contributed by atoms with van der Waals surface area (Å²) in [5, 5.41) is 18.3. The van der Waals surface area contributed by atoms with E-state index in [0.29, 0.717) is 53.7 Å². The summed E-state index contributed by atoms with van der Waals surface area (Å²) in [6.07, 6.45) is 2.59. The van der Waals surface area contributed by atoms with Gasteiger partial charge in [0.05, 0.1) is 22.2 Å². The van der Waals surface area contributed by atoms with E-state index in [0.717, 1.165) is 5.56 Å². The number of aromatic nitrogens is 1. The Morgan fingerprint density at radius 3 is 2.56 bits per heavy atom. The second-order valence-electron chi connectivity index (χ2n) is 7.86. The Kier molecular flexibility index (Phi) is 7.07. The largest absolute Gasteiger partial charge is 0.381 e. The van der Waals surface area contributed by atoms with Crippen molar-refractivity contribution in [3.8, 4) is 6.07 Å². The summed E-state index contributed by atoms with van der Waals surface area (Å²) in [4.78, 5) is 29.6. The van der Waals surface area contributed by atoms with Crippen molar-refractivity contribution in [1.29, 1.82) is 5.26 Å². The maximum Gasteiger partial charge on any atom is 0.319 e. The SMILES string of the molecule is N#Cc1cccc(C2(NC(=O)Nc3cccc(C(=O)Nc4ccc(Cl)cn4)c3)CCOCC2)c1. The molecule has 9 heteroatoms. The standard InChI is InChI=1S/C25H22ClN5O3/c26-20-7-8-22(28-16-20)30-23(32)18-4-2-6-21(14-18)29-24(33)31-25(9-11-34-12-10-25)19-5-1-3-17(13-19)15-27/h1-8,13-14,16H,9-12H2,(H,28,30,32)(H2,29,31,33). The van der Waals surface area contributed by atoms with Gasteiger partial charge in [-0.1, -0.05) is 29.8 Å². The first kappa shape index (κ1) is 23.2. The van der Waals surface area contributed by atoms with E-state index in [1.807, 2.05) is 12.1 Å². The molecule has 8 nitrogen and oxygen atoms in total. The van der Waals surface area contributed by atoms with E-state index in [9.17, 15) is 14.9 Å². The smallest absolute Gasteiger partial charge is 0.319 e. The van der Waals surface area contributed by atoms with Gasteiger partial charge in [-0.3, -0.25) is 4.79 Å². The Bertz CT molecular complexity index is 1230. The number of benzene rings is 2. The van der Waals surface area contributed by atoms with Gasteiger partial charge in [0, 0.05) is 30.7 Å². The van der Waals surface area contributed by atoms with Crippen molar-refractivity contribution < 1.29 is 14.3 Å². The van der Waals surface area contributed by atoms with Crippen LogP contribution in [0.2, 0.25) is 5.02 Å². The number of anilines is 2. The maximum atomic E-state index is 13.0. The van der Waals surface area contributed by atoms with Crippen LogP contribution in [0.15, 0.2) is 66.9 Å². The van der Waals surface area contributed by atoms with E-state index in [4.69, 9.17) is 16.3 Å². The van der Waals surface area contributed by atoms with Crippen molar-refractivity contribution >= 4 is 35.0 Å². The topological polar surface area (TPSA) is 116 Å². The first-order chi connectivity index (χ1) is 16.5. The second kappa shape index (κ2) is 10.3. The summed E-state index contributed by atoms with van der Waals surface area (Å²) in [6, 6.07) is 18.8. The first-order valence-corrected chi connectivity index (χ1v) is 11.1. The van der Waals surface area contributed by atoms with E-state index in [-0.39, 0.29) is 5.91 Å². The number of halogens is 1. The highest BCUT2D eigenvalue weighted by atomic mass is 35.5. The molecule has 1 aliphatic rings. The van der Waals surface area contributed by atoms with Gasteiger partial charge < -0.3 is 20.7 Å². The summed E-state index contributed by atoms with van der Waals surface area (Å²) in [5.74, 6) is -0.000312. The maximum absolute atomic E-state index is 13.0. The first-order valence-electron chi connectivity index (χ1n) is 10.7. The molecule has 1 aliphatic heterocycles. The predicted molar refractivity (Wildman–Crippen MR) is 129 cm³/mol. The van der Waals surface area contributed by atoms with Crippen LogP contribution in [0.4, 0.5) is 16.3 Å². The molecule has 3 amide bonds. The Morgan fingerprint density at radius 2 is 1.82 bits per heavy atom. The number of carbonyl (C=O) groups is 2. The van der Waals surface area contributed by atoms with Crippen molar-refractivity contribution in [3.63, 3.8) is 0 Å². The fourth-order valence-corrected chi connectivity index (χ4v) is 3.96. The Morgan fingerprint density at radius 1 is 1.03 bits per heavy atom. The number of pyridine rings is 1. The second-order valence-corrected chi connectivity index (χ2v) is 8.30. The number of amides is 3. The summed E-state index contributed by atoms with van der Waals surface area (Å²) < 4.78 is 5.51. The number of hydrogen-bond acceptors (Lipinski definition) is 5. The van der Waals surface area contributed by atoms with E-state index in [1.165, 1.54) is 6.20 Å². The predicted octanol–water partition coefficient (Wildman–Crippen LogP) is 4.69. The number of nitrogens with zero attached hydrogens (tertiary/aromatic N) is 2. The molecule has 4 rings (SSSR count). The van der Waals surface area contributed by atoms with Crippen molar-refractivity contribution in [1.82, 2.24) is 10.3 Å². The molecule has 3 aromatic rings.